The Labute approximate surface area is 148 Å². The van der Waals surface area contributed by atoms with Crippen molar-refractivity contribution in [3.05, 3.63) is 96.7 Å². The number of rotatable bonds is 4. The number of benzene rings is 3. The smallest absolute Gasteiger partial charge is 0.145 e. The third-order valence-corrected chi connectivity index (χ3v) is 4.44. The fourth-order valence-corrected chi connectivity index (χ4v) is 3.15. The predicted molar refractivity (Wildman–Crippen MR) is 104 cm³/mol. The number of hydrogen-bond acceptors (Lipinski definition) is 1. The Morgan fingerprint density at radius 1 is 0.720 bits per heavy atom. The lowest BCUT2D eigenvalue weighted by Gasteiger charge is -2.12. The van der Waals surface area contributed by atoms with Gasteiger partial charge in [0.05, 0.1) is 11.4 Å². The van der Waals surface area contributed by atoms with Gasteiger partial charge < -0.3 is 0 Å². The maximum atomic E-state index is 4.97. The molecule has 0 aliphatic carbocycles. The van der Waals surface area contributed by atoms with Crippen molar-refractivity contribution >= 4 is 0 Å². The van der Waals surface area contributed by atoms with Crippen LogP contribution in [0, 0.1) is 0 Å². The van der Waals surface area contributed by atoms with Crippen LogP contribution >= 0.6 is 0 Å². The second-order valence-electron chi connectivity index (χ2n) is 6.03. The van der Waals surface area contributed by atoms with E-state index in [1.807, 2.05) is 12.1 Å². The van der Waals surface area contributed by atoms with Crippen LogP contribution in [0.1, 0.15) is 12.5 Å². The number of aromatic nitrogens is 2. The van der Waals surface area contributed by atoms with E-state index in [1.54, 1.807) is 0 Å². The van der Waals surface area contributed by atoms with Crippen LogP contribution in [0.5, 0.6) is 0 Å². The Morgan fingerprint density at radius 3 is 2.00 bits per heavy atom. The lowest BCUT2D eigenvalue weighted by molar-refractivity contribution is 1.01. The molecule has 0 aliphatic rings. The molecule has 0 spiro atoms. The lowest BCUT2D eigenvalue weighted by atomic mass is 10.1. The molecule has 0 fully saturated rings. The summed E-state index contributed by atoms with van der Waals surface area (Å²) in [6.45, 7) is 2.19. The van der Waals surface area contributed by atoms with Crippen molar-refractivity contribution in [3.63, 3.8) is 0 Å². The van der Waals surface area contributed by atoms with Crippen LogP contribution in [-0.2, 0) is 6.42 Å². The van der Waals surface area contributed by atoms with E-state index in [2.05, 4.69) is 90.5 Å². The molecule has 1 heterocycles. The molecule has 0 unspecified atom stereocenters. The zero-order valence-electron chi connectivity index (χ0n) is 14.3. The Kier molecular flexibility index (Phi) is 4.17. The van der Waals surface area contributed by atoms with Crippen molar-refractivity contribution in [2.45, 2.75) is 13.3 Å². The summed E-state index contributed by atoms with van der Waals surface area (Å²) in [7, 11) is 0. The van der Waals surface area contributed by atoms with Gasteiger partial charge in [-0.1, -0.05) is 85.8 Å². The maximum Gasteiger partial charge on any atom is 0.145 e. The van der Waals surface area contributed by atoms with Crippen molar-refractivity contribution in [3.8, 4) is 28.3 Å². The summed E-state index contributed by atoms with van der Waals surface area (Å²) in [4.78, 5) is 4.97. The van der Waals surface area contributed by atoms with Crippen LogP contribution in [0.3, 0.4) is 0 Å². The van der Waals surface area contributed by atoms with Crippen LogP contribution in [0.2, 0.25) is 0 Å². The van der Waals surface area contributed by atoms with Crippen LogP contribution in [0.4, 0.5) is 0 Å². The topological polar surface area (TPSA) is 17.8 Å². The monoisotopic (exact) mass is 324 g/mol. The van der Waals surface area contributed by atoms with Gasteiger partial charge in [0.15, 0.2) is 0 Å². The molecule has 0 aliphatic heterocycles. The lowest BCUT2D eigenvalue weighted by Crippen LogP contribution is -2.00. The Hall–Kier alpha value is -3.13. The Bertz CT molecular complexity index is 969. The van der Waals surface area contributed by atoms with Gasteiger partial charge in [0.25, 0.3) is 0 Å². The summed E-state index contributed by atoms with van der Waals surface area (Å²) < 4.78 is 2.22. The van der Waals surface area contributed by atoms with Crippen molar-refractivity contribution < 1.29 is 0 Å². The number of para-hydroxylation sites is 1. The number of nitrogens with zero attached hydrogens (tertiary/aromatic N) is 2. The molecule has 3 aromatic carbocycles. The van der Waals surface area contributed by atoms with E-state index >= 15 is 0 Å². The zero-order chi connectivity index (χ0) is 17.1. The molecular weight excluding hydrogens is 304 g/mol. The SMILES string of the molecule is CCc1ccccc1-n1cc(-c2ccccc2)nc1-c1ccccc1. The second-order valence-corrected chi connectivity index (χ2v) is 6.03. The maximum absolute atomic E-state index is 4.97. The van der Waals surface area contributed by atoms with Crippen molar-refractivity contribution in [2.75, 3.05) is 0 Å². The first-order valence-corrected chi connectivity index (χ1v) is 8.65. The highest BCUT2D eigenvalue weighted by atomic mass is 15.1. The minimum Gasteiger partial charge on any atom is -0.299 e. The summed E-state index contributed by atoms with van der Waals surface area (Å²) in [5, 5.41) is 0. The van der Waals surface area contributed by atoms with E-state index in [-0.39, 0.29) is 0 Å². The summed E-state index contributed by atoms with van der Waals surface area (Å²) in [5.74, 6) is 0.973. The van der Waals surface area contributed by atoms with Gasteiger partial charge in [0.1, 0.15) is 5.82 Å². The van der Waals surface area contributed by atoms with Gasteiger partial charge in [-0.05, 0) is 18.1 Å². The highest BCUT2D eigenvalue weighted by Crippen LogP contribution is 2.29. The third-order valence-electron chi connectivity index (χ3n) is 4.44. The molecule has 122 valence electrons. The molecular formula is C23H20N2. The van der Waals surface area contributed by atoms with Crippen LogP contribution in [0.15, 0.2) is 91.1 Å². The van der Waals surface area contributed by atoms with Gasteiger partial charge in [-0.2, -0.15) is 0 Å². The van der Waals surface area contributed by atoms with Crippen molar-refractivity contribution in [2.24, 2.45) is 0 Å². The van der Waals surface area contributed by atoms with E-state index in [9.17, 15) is 0 Å². The van der Waals surface area contributed by atoms with E-state index in [0.29, 0.717) is 0 Å². The summed E-state index contributed by atoms with van der Waals surface area (Å²) in [6, 6.07) is 29.3. The van der Waals surface area contributed by atoms with Crippen LogP contribution < -0.4 is 0 Å². The summed E-state index contributed by atoms with van der Waals surface area (Å²) >= 11 is 0. The molecule has 0 atom stereocenters. The first-order valence-electron chi connectivity index (χ1n) is 8.65. The number of imidazole rings is 1. The van der Waals surface area contributed by atoms with Crippen LogP contribution in [-0.4, -0.2) is 9.55 Å². The minimum atomic E-state index is 0.973. The fourth-order valence-electron chi connectivity index (χ4n) is 3.15. The molecule has 4 rings (SSSR count). The van der Waals surface area contributed by atoms with E-state index in [4.69, 9.17) is 4.98 Å². The average Bonchev–Trinajstić information content (AvgIpc) is 3.14. The Morgan fingerprint density at radius 2 is 1.32 bits per heavy atom. The molecule has 0 saturated carbocycles. The first kappa shape index (κ1) is 15.4. The van der Waals surface area contributed by atoms with E-state index in [1.165, 1.54) is 11.3 Å². The van der Waals surface area contributed by atoms with Gasteiger partial charge in [-0.25, -0.2) is 4.98 Å². The normalized spacial score (nSPS) is 10.8. The molecule has 0 amide bonds. The van der Waals surface area contributed by atoms with Gasteiger partial charge >= 0.3 is 0 Å². The van der Waals surface area contributed by atoms with E-state index < -0.39 is 0 Å². The number of hydrogen-bond donors (Lipinski definition) is 0. The molecule has 1 aromatic heterocycles. The van der Waals surface area contributed by atoms with E-state index in [0.717, 1.165) is 29.1 Å². The average molecular weight is 324 g/mol. The molecule has 4 aromatic rings. The standard InChI is InChI=1S/C23H20N2/c1-2-18-11-9-10-16-22(18)25-17-21(19-12-5-3-6-13-19)24-23(25)20-14-7-4-8-15-20/h3-17H,2H2,1H3. The zero-order valence-corrected chi connectivity index (χ0v) is 14.3. The molecule has 0 radical (unpaired) electrons. The highest BCUT2D eigenvalue weighted by molar-refractivity contribution is 5.67. The Balaban J connectivity index is 1.94. The molecule has 25 heavy (non-hydrogen) atoms. The van der Waals surface area contributed by atoms with Gasteiger partial charge in [-0.3, -0.25) is 4.57 Å². The summed E-state index contributed by atoms with van der Waals surface area (Å²) in [6.07, 6.45) is 3.13. The van der Waals surface area contributed by atoms with Gasteiger partial charge in [0.2, 0.25) is 0 Å². The van der Waals surface area contributed by atoms with Gasteiger partial charge in [0, 0.05) is 17.3 Å². The number of aryl methyl sites for hydroxylation is 1. The molecule has 0 bridgehead atoms. The molecule has 0 saturated heterocycles. The quantitative estimate of drug-likeness (QED) is 0.466. The second kappa shape index (κ2) is 6.78. The molecule has 0 N–H and O–H groups in total. The van der Waals surface area contributed by atoms with Gasteiger partial charge in [-0.15, -0.1) is 0 Å². The largest absolute Gasteiger partial charge is 0.299 e. The predicted octanol–water partition coefficient (Wildman–Crippen LogP) is 5.77. The molecule has 2 nitrogen and oxygen atoms in total. The minimum absolute atomic E-state index is 0.973. The summed E-state index contributed by atoms with van der Waals surface area (Å²) in [5.41, 5.74) is 5.75. The fraction of sp³-hybridized carbons (Fsp3) is 0.0870. The first-order chi connectivity index (χ1) is 12.4. The van der Waals surface area contributed by atoms with Crippen LogP contribution in [0.25, 0.3) is 28.3 Å². The third kappa shape index (κ3) is 2.99. The van der Waals surface area contributed by atoms with Crippen molar-refractivity contribution in [1.29, 1.82) is 0 Å². The highest BCUT2D eigenvalue weighted by Gasteiger charge is 2.14. The molecule has 2 heteroatoms. The van der Waals surface area contributed by atoms with Crippen molar-refractivity contribution in [1.82, 2.24) is 9.55 Å².